The Bertz CT molecular complexity index is 210. The number of hydrogen-bond acceptors (Lipinski definition) is 3. The number of rotatable bonds is 4. The Morgan fingerprint density at radius 3 is 2.86 bits per heavy atom. The highest BCUT2D eigenvalue weighted by Gasteiger charge is 2.29. The van der Waals surface area contributed by atoms with E-state index < -0.39 is 0 Å². The quantitative estimate of drug-likeness (QED) is 0.669. The first kappa shape index (κ1) is 9.93. The van der Waals surface area contributed by atoms with E-state index in [1.807, 2.05) is 0 Å². The second kappa shape index (κ2) is 4.28. The van der Waals surface area contributed by atoms with Gasteiger partial charge in [-0.15, -0.1) is 0 Å². The van der Waals surface area contributed by atoms with E-state index in [1.54, 1.807) is 0 Å². The molecule has 0 aromatic carbocycles. The highest BCUT2D eigenvalue weighted by Crippen LogP contribution is 2.31. The molecular formula is C10H18N2O2. The van der Waals surface area contributed by atoms with E-state index in [1.165, 1.54) is 12.8 Å². The van der Waals surface area contributed by atoms with Crippen molar-refractivity contribution in [2.75, 3.05) is 13.2 Å². The maximum Gasteiger partial charge on any atom is 0.249 e. The lowest BCUT2D eigenvalue weighted by Gasteiger charge is -2.14. The van der Waals surface area contributed by atoms with Gasteiger partial charge in [0.1, 0.15) is 6.10 Å². The van der Waals surface area contributed by atoms with Gasteiger partial charge >= 0.3 is 0 Å². The van der Waals surface area contributed by atoms with Gasteiger partial charge in [0.15, 0.2) is 0 Å². The molecule has 1 saturated heterocycles. The van der Waals surface area contributed by atoms with Crippen molar-refractivity contribution in [2.45, 2.75) is 37.8 Å². The summed E-state index contributed by atoms with van der Waals surface area (Å²) in [7, 11) is 0. The summed E-state index contributed by atoms with van der Waals surface area (Å²) in [6, 6.07) is 0.139. The fraction of sp³-hybridized carbons (Fsp3) is 0.900. The lowest BCUT2D eigenvalue weighted by atomic mass is 10.2. The van der Waals surface area contributed by atoms with Crippen LogP contribution in [-0.2, 0) is 9.53 Å². The fourth-order valence-corrected chi connectivity index (χ4v) is 1.81. The molecule has 0 radical (unpaired) electrons. The first-order valence-corrected chi connectivity index (χ1v) is 5.42. The van der Waals surface area contributed by atoms with Gasteiger partial charge in [0.2, 0.25) is 5.91 Å². The van der Waals surface area contributed by atoms with Gasteiger partial charge in [-0.1, -0.05) is 0 Å². The summed E-state index contributed by atoms with van der Waals surface area (Å²) in [5, 5.41) is 2.86. The van der Waals surface area contributed by atoms with E-state index in [0.717, 1.165) is 12.8 Å². The largest absolute Gasteiger partial charge is 0.368 e. The summed E-state index contributed by atoms with van der Waals surface area (Å²) in [5.74, 6) is 0.651. The lowest BCUT2D eigenvalue weighted by molar-refractivity contribution is -0.130. The van der Waals surface area contributed by atoms with Crippen molar-refractivity contribution in [1.29, 1.82) is 0 Å². The summed E-state index contributed by atoms with van der Waals surface area (Å²) >= 11 is 0. The van der Waals surface area contributed by atoms with Crippen molar-refractivity contribution in [2.24, 2.45) is 11.7 Å². The number of nitrogens with two attached hydrogens (primary N) is 1. The molecule has 1 amide bonds. The van der Waals surface area contributed by atoms with Crippen molar-refractivity contribution in [1.82, 2.24) is 5.32 Å². The second-order valence-electron chi connectivity index (χ2n) is 4.25. The van der Waals surface area contributed by atoms with Crippen LogP contribution in [0.25, 0.3) is 0 Å². The van der Waals surface area contributed by atoms with Gasteiger partial charge in [-0.2, -0.15) is 0 Å². The third-order valence-corrected chi connectivity index (χ3v) is 2.96. The molecule has 1 aliphatic heterocycles. The van der Waals surface area contributed by atoms with Crippen LogP contribution in [0.1, 0.15) is 25.7 Å². The minimum atomic E-state index is -0.221. The van der Waals surface area contributed by atoms with E-state index >= 15 is 0 Å². The topological polar surface area (TPSA) is 64.3 Å². The molecular weight excluding hydrogens is 180 g/mol. The van der Waals surface area contributed by atoms with Crippen LogP contribution in [0.3, 0.4) is 0 Å². The minimum absolute atomic E-state index is 0.0126. The van der Waals surface area contributed by atoms with E-state index in [9.17, 15) is 4.79 Å². The molecule has 4 nitrogen and oxygen atoms in total. The Labute approximate surface area is 84.2 Å². The highest BCUT2D eigenvalue weighted by atomic mass is 16.5. The Morgan fingerprint density at radius 1 is 1.50 bits per heavy atom. The van der Waals surface area contributed by atoms with Gasteiger partial charge in [0.25, 0.3) is 0 Å². The van der Waals surface area contributed by atoms with E-state index in [0.29, 0.717) is 19.1 Å². The van der Waals surface area contributed by atoms with E-state index in [4.69, 9.17) is 10.5 Å². The molecule has 1 aliphatic carbocycles. The minimum Gasteiger partial charge on any atom is -0.368 e. The number of hydrogen-bond donors (Lipinski definition) is 2. The summed E-state index contributed by atoms with van der Waals surface area (Å²) < 4.78 is 5.27. The molecule has 1 saturated carbocycles. The summed E-state index contributed by atoms with van der Waals surface area (Å²) in [4.78, 5) is 11.5. The molecule has 2 atom stereocenters. The van der Waals surface area contributed by atoms with Gasteiger partial charge in [-0.05, 0) is 31.6 Å². The van der Waals surface area contributed by atoms with Gasteiger partial charge in [-0.25, -0.2) is 0 Å². The summed E-state index contributed by atoms with van der Waals surface area (Å²) in [6.45, 7) is 1.32. The zero-order valence-corrected chi connectivity index (χ0v) is 8.37. The predicted molar refractivity (Wildman–Crippen MR) is 52.7 cm³/mol. The number of ether oxygens (including phenoxy) is 1. The molecule has 3 N–H and O–H groups in total. The maximum absolute atomic E-state index is 11.5. The van der Waals surface area contributed by atoms with Gasteiger partial charge < -0.3 is 15.8 Å². The molecule has 80 valence electrons. The zero-order valence-electron chi connectivity index (χ0n) is 8.37. The van der Waals surface area contributed by atoms with Crippen LogP contribution < -0.4 is 11.1 Å². The van der Waals surface area contributed by atoms with E-state index in [-0.39, 0.29) is 18.1 Å². The average Bonchev–Trinajstić information content (AvgIpc) is 2.90. The Morgan fingerprint density at radius 2 is 2.29 bits per heavy atom. The van der Waals surface area contributed by atoms with Crippen LogP contribution in [0.5, 0.6) is 0 Å². The maximum atomic E-state index is 11.5. The highest BCUT2D eigenvalue weighted by molar-refractivity contribution is 5.80. The summed E-state index contributed by atoms with van der Waals surface area (Å²) in [6.07, 6.45) is 4.06. The Kier molecular flexibility index (Phi) is 3.03. The molecule has 14 heavy (non-hydrogen) atoms. The fourth-order valence-electron chi connectivity index (χ4n) is 1.81. The Hall–Kier alpha value is -0.610. The van der Waals surface area contributed by atoms with Crippen LogP contribution in [-0.4, -0.2) is 31.2 Å². The van der Waals surface area contributed by atoms with Crippen molar-refractivity contribution >= 4 is 5.91 Å². The smallest absolute Gasteiger partial charge is 0.249 e. The molecule has 2 fully saturated rings. The second-order valence-corrected chi connectivity index (χ2v) is 4.25. The summed E-state index contributed by atoms with van der Waals surface area (Å²) in [5.41, 5.74) is 5.87. The SMILES string of the molecule is NC(CNC(=O)[C@@H]1CCCO1)C1CC1. The standard InChI is InChI=1S/C10H18N2O2/c11-8(7-3-4-7)6-12-10(13)9-2-1-5-14-9/h7-9H,1-6,11H2,(H,12,13)/t8?,9-/m0/s1. The Balaban J connectivity index is 1.66. The van der Waals surface area contributed by atoms with Crippen LogP contribution >= 0.6 is 0 Å². The number of nitrogens with one attached hydrogen (secondary N) is 1. The van der Waals surface area contributed by atoms with Crippen LogP contribution in [0.15, 0.2) is 0 Å². The third kappa shape index (κ3) is 2.45. The number of carbonyl (C=O) groups excluding carboxylic acids is 1. The zero-order chi connectivity index (χ0) is 9.97. The number of carbonyl (C=O) groups is 1. The predicted octanol–water partition coefficient (Wildman–Crippen LogP) is 0.0189. The van der Waals surface area contributed by atoms with Crippen molar-refractivity contribution in [3.8, 4) is 0 Å². The first-order valence-electron chi connectivity index (χ1n) is 5.42. The molecule has 0 aromatic rings. The van der Waals surface area contributed by atoms with Crippen LogP contribution in [0, 0.1) is 5.92 Å². The van der Waals surface area contributed by atoms with Gasteiger partial charge in [0.05, 0.1) is 0 Å². The molecule has 1 unspecified atom stereocenters. The molecule has 2 rings (SSSR count). The molecule has 0 spiro atoms. The monoisotopic (exact) mass is 198 g/mol. The average molecular weight is 198 g/mol. The van der Waals surface area contributed by atoms with Crippen LogP contribution in [0.4, 0.5) is 0 Å². The van der Waals surface area contributed by atoms with Crippen molar-refractivity contribution in [3.05, 3.63) is 0 Å². The number of amides is 1. The first-order chi connectivity index (χ1) is 6.77. The van der Waals surface area contributed by atoms with E-state index in [2.05, 4.69) is 5.32 Å². The van der Waals surface area contributed by atoms with Crippen molar-refractivity contribution in [3.63, 3.8) is 0 Å². The molecule has 4 heteroatoms. The molecule has 0 aromatic heterocycles. The van der Waals surface area contributed by atoms with Crippen molar-refractivity contribution < 1.29 is 9.53 Å². The molecule has 2 aliphatic rings. The van der Waals surface area contributed by atoms with Gasteiger partial charge in [-0.3, -0.25) is 4.79 Å². The van der Waals surface area contributed by atoms with Gasteiger partial charge in [0, 0.05) is 19.2 Å². The molecule has 1 heterocycles. The lowest BCUT2D eigenvalue weighted by Crippen LogP contribution is -2.42. The van der Waals surface area contributed by atoms with Crippen LogP contribution in [0.2, 0.25) is 0 Å². The normalized spacial score (nSPS) is 28.8. The third-order valence-electron chi connectivity index (χ3n) is 2.96. The molecule has 0 bridgehead atoms.